The van der Waals surface area contributed by atoms with Gasteiger partial charge < -0.3 is 21.1 Å². The van der Waals surface area contributed by atoms with Crippen LogP contribution in [0, 0.1) is 0 Å². The van der Waals surface area contributed by atoms with Crippen molar-refractivity contribution in [3.05, 3.63) is 29.8 Å². The zero-order chi connectivity index (χ0) is 23.1. The van der Waals surface area contributed by atoms with Crippen LogP contribution in [0.15, 0.2) is 24.3 Å². The summed E-state index contributed by atoms with van der Waals surface area (Å²) in [6.07, 6.45) is 2.91. The molecule has 0 saturated carbocycles. The number of nitrogens with two attached hydrogens (primary N) is 1. The molecule has 32 heavy (non-hydrogen) atoms. The zero-order valence-corrected chi connectivity index (χ0v) is 20.0. The third kappa shape index (κ3) is 4.63. The van der Waals surface area contributed by atoms with Gasteiger partial charge in [0.1, 0.15) is 0 Å². The molecule has 2 aromatic rings. The van der Waals surface area contributed by atoms with E-state index in [0.717, 1.165) is 35.9 Å². The van der Waals surface area contributed by atoms with Crippen LogP contribution < -0.4 is 11.1 Å². The molecular weight excluding hydrogens is 424 g/mol. The summed E-state index contributed by atoms with van der Waals surface area (Å²) < 4.78 is 1.03. The summed E-state index contributed by atoms with van der Waals surface area (Å²) in [6, 6.07) is 8.10. The standard InChI is InChI=1S/C24H34N4O3S/c1-23(2,3)26-22(30)24(31)11-6-12-28(15-24)16-9-13-27(14-10-16)21(29)19-17-7-4-5-8-18(17)32-20(19)25/h4-5,7-8,16,31H,6,9-15,25H2,1-3H3,(H,26,30). The smallest absolute Gasteiger partial charge is 0.257 e. The molecule has 2 aliphatic rings. The number of hydrogen-bond acceptors (Lipinski definition) is 6. The molecule has 2 saturated heterocycles. The number of hydrogen-bond donors (Lipinski definition) is 3. The first kappa shape index (κ1) is 23.0. The number of carbonyl (C=O) groups excluding carboxylic acids is 2. The molecule has 4 N–H and O–H groups in total. The van der Waals surface area contributed by atoms with Crippen molar-refractivity contribution in [3.63, 3.8) is 0 Å². The van der Waals surface area contributed by atoms with E-state index in [1.165, 1.54) is 11.3 Å². The lowest BCUT2D eigenvalue weighted by Gasteiger charge is -2.45. The molecular formula is C24H34N4O3S. The predicted molar refractivity (Wildman–Crippen MR) is 129 cm³/mol. The highest BCUT2D eigenvalue weighted by Crippen LogP contribution is 2.35. The fourth-order valence-electron chi connectivity index (χ4n) is 4.90. The molecule has 2 aliphatic heterocycles. The van der Waals surface area contributed by atoms with Crippen molar-refractivity contribution in [1.29, 1.82) is 0 Å². The van der Waals surface area contributed by atoms with Gasteiger partial charge in [-0.15, -0.1) is 11.3 Å². The lowest BCUT2D eigenvalue weighted by molar-refractivity contribution is -0.148. The number of carbonyl (C=O) groups is 2. The maximum atomic E-state index is 13.2. The van der Waals surface area contributed by atoms with Gasteiger partial charge in [0, 0.05) is 41.3 Å². The topological polar surface area (TPSA) is 98.9 Å². The second-order valence-electron chi connectivity index (χ2n) is 10.2. The van der Waals surface area contributed by atoms with Crippen LogP contribution in [0.4, 0.5) is 5.00 Å². The van der Waals surface area contributed by atoms with Crippen molar-refractivity contribution in [2.45, 2.75) is 63.6 Å². The Bertz CT molecular complexity index is 1010. The Morgan fingerprint density at radius 1 is 1.19 bits per heavy atom. The van der Waals surface area contributed by atoms with Gasteiger partial charge in [-0.1, -0.05) is 18.2 Å². The van der Waals surface area contributed by atoms with Gasteiger partial charge in [0.05, 0.1) is 10.6 Å². The van der Waals surface area contributed by atoms with Gasteiger partial charge in [-0.05, 0) is 59.1 Å². The Balaban J connectivity index is 1.39. The molecule has 4 rings (SSSR count). The van der Waals surface area contributed by atoms with Crippen LogP contribution in [0.5, 0.6) is 0 Å². The van der Waals surface area contributed by atoms with Crippen LogP contribution in [0.1, 0.15) is 56.8 Å². The van der Waals surface area contributed by atoms with E-state index in [1.807, 2.05) is 49.9 Å². The van der Waals surface area contributed by atoms with E-state index >= 15 is 0 Å². The maximum absolute atomic E-state index is 13.2. The number of nitrogens with zero attached hydrogens (tertiary/aromatic N) is 2. The predicted octanol–water partition coefficient (Wildman–Crippen LogP) is 2.83. The molecule has 0 bridgehead atoms. The normalized spacial score (nSPS) is 23.4. The van der Waals surface area contributed by atoms with E-state index < -0.39 is 5.60 Å². The minimum Gasteiger partial charge on any atom is -0.390 e. The van der Waals surface area contributed by atoms with Crippen molar-refractivity contribution in [3.8, 4) is 0 Å². The summed E-state index contributed by atoms with van der Waals surface area (Å²) in [6.45, 7) is 8.27. The first-order valence-electron chi connectivity index (χ1n) is 11.4. The number of rotatable bonds is 3. The number of β-amino-alcohol motifs (C(OH)–C–C–N with tert-alkyl or cyclic N) is 1. The summed E-state index contributed by atoms with van der Waals surface area (Å²) in [7, 11) is 0. The number of anilines is 1. The van der Waals surface area contributed by atoms with Crippen LogP contribution in [0.3, 0.4) is 0 Å². The fraction of sp³-hybridized carbons (Fsp3) is 0.583. The van der Waals surface area contributed by atoms with Gasteiger partial charge >= 0.3 is 0 Å². The van der Waals surface area contributed by atoms with Crippen molar-refractivity contribution < 1.29 is 14.7 Å². The lowest BCUT2D eigenvalue weighted by Crippen LogP contribution is -2.62. The Hall–Kier alpha value is -2.16. The number of fused-ring (bicyclic) bond motifs is 1. The summed E-state index contributed by atoms with van der Waals surface area (Å²) in [5, 5.41) is 15.5. The van der Waals surface area contributed by atoms with E-state index in [1.54, 1.807) is 0 Å². The first-order valence-corrected chi connectivity index (χ1v) is 12.2. The number of thiophene rings is 1. The summed E-state index contributed by atoms with van der Waals surface area (Å²) in [4.78, 5) is 30.1. The molecule has 2 fully saturated rings. The van der Waals surface area contributed by atoms with Gasteiger partial charge in [0.15, 0.2) is 5.60 Å². The Morgan fingerprint density at radius 3 is 2.56 bits per heavy atom. The number of piperidine rings is 2. The first-order chi connectivity index (χ1) is 15.1. The molecule has 174 valence electrons. The highest BCUT2D eigenvalue weighted by Gasteiger charge is 2.43. The van der Waals surface area contributed by atoms with E-state index in [4.69, 9.17) is 5.73 Å². The second-order valence-corrected chi connectivity index (χ2v) is 11.3. The molecule has 1 aromatic heterocycles. The van der Waals surface area contributed by atoms with Crippen molar-refractivity contribution in [2.75, 3.05) is 31.9 Å². The van der Waals surface area contributed by atoms with Gasteiger partial charge in [0.25, 0.3) is 11.8 Å². The largest absolute Gasteiger partial charge is 0.390 e. The Labute approximate surface area is 193 Å². The van der Waals surface area contributed by atoms with Crippen molar-refractivity contribution >= 4 is 38.2 Å². The molecule has 8 heteroatoms. The van der Waals surface area contributed by atoms with E-state index in [2.05, 4.69) is 10.2 Å². The Morgan fingerprint density at radius 2 is 1.88 bits per heavy atom. The highest BCUT2D eigenvalue weighted by atomic mass is 32.1. The summed E-state index contributed by atoms with van der Waals surface area (Å²) in [5.74, 6) is -0.291. The van der Waals surface area contributed by atoms with Crippen LogP contribution in [-0.2, 0) is 4.79 Å². The van der Waals surface area contributed by atoms with Crippen molar-refractivity contribution in [1.82, 2.24) is 15.1 Å². The molecule has 2 amide bonds. The number of aliphatic hydroxyl groups is 1. The van der Waals surface area contributed by atoms with Crippen LogP contribution in [0.2, 0.25) is 0 Å². The number of nitrogens with one attached hydrogen (secondary N) is 1. The SMILES string of the molecule is CC(C)(C)NC(=O)C1(O)CCCN(C2CCN(C(=O)c3c(N)sc4ccccc34)CC2)C1. The summed E-state index contributed by atoms with van der Waals surface area (Å²) in [5.41, 5.74) is 5.09. The molecule has 1 unspecified atom stereocenters. The van der Waals surface area contributed by atoms with Gasteiger partial charge in [0.2, 0.25) is 0 Å². The second kappa shape index (κ2) is 8.65. The van der Waals surface area contributed by atoms with Crippen LogP contribution in [0.25, 0.3) is 10.1 Å². The molecule has 1 aromatic carbocycles. The minimum atomic E-state index is -1.36. The number of benzene rings is 1. The van der Waals surface area contributed by atoms with Crippen LogP contribution >= 0.6 is 11.3 Å². The lowest BCUT2D eigenvalue weighted by atomic mass is 9.88. The van der Waals surface area contributed by atoms with E-state index in [0.29, 0.717) is 36.6 Å². The third-order valence-electron chi connectivity index (χ3n) is 6.52. The molecule has 0 radical (unpaired) electrons. The maximum Gasteiger partial charge on any atom is 0.257 e. The molecule has 7 nitrogen and oxygen atoms in total. The average Bonchev–Trinajstić information content (AvgIpc) is 3.08. The molecule has 0 aliphatic carbocycles. The summed E-state index contributed by atoms with van der Waals surface area (Å²) >= 11 is 1.46. The Kier molecular flexibility index (Phi) is 6.22. The van der Waals surface area contributed by atoms with Crippen LogP contribution in [-0.4, -0.2) is 70.1 Å². The van der Waals surface area contributed by atoms with Gasteiger partial charge in [-0.2, -0.15) is 0 Å². The van der Waals surface area contributed by atoms with E-state index in [-0.39, 0.29) is 23.4 Å². The number of nitrogen functional groups attached to an aromatic ring is 1. The van der Waals surface area contributed by atoms with E-state index in [9.17, 15) is 14.7 Å². The average molecular weight is 459 g/mol. The van der Waals surface area contributed by atoms with Crippen molar-refractivity contribution in [2.24, 2.45) is 0 Å². The monoisotopic (exact) mass is 458 g/mol. The molecule has 0 spiro atoms. The van der Waals surface area contributed by atoms with Gasteiger partial charge in [-0.3, -0.25) is 14.5 Å². The quantitative estimate of drug-likeness (QED) is 0.657. The number of amides is 2. The zero-order valence-electron chi connectivity index (χ0n) is 19.2. The molecule has 3 heterocycles. The third-order valence-corrected chi connectivity index (χ3v) is 7.52. The highest BCUT2D eigenvalue weighted by molar-refractivity contribution is 7.23. The fourth-order valence-corrected chi connectivity index (χ4v) is 5.86. The minimum absolute atomic E-state index is 0.00176. The van der Waals surface area contributed by atoms with Gasteiger partial charge in [-0.25, -0.2) is 0 Å². The number of likely N-dealkylation sites (tertiary alicyclic amines) is 2. The molecule has 1 atom stereocenters.